The topological polar surface area (TPSA) is 41.5 Å². The molecule has 3 nitrogen and oxygen atoms in total. The van der Waals surface area contributed by atoms with Crippen molar-refractivity contribution in [2.45, 2.75) is 27.2 Å². The molecular formula is C17H20N2O. The SMILES string of the molecule is C/C(CC(C)C)=N/NC(=O)c1cccc2ccccc12. The summed E-state index contributed by atoms with van der Waals surface area (Å²) in [6, 6.07) is 13.6. The number of carbonyl (C=O) groups is 1. The maximum absolute atomic E-state index is 12.2. The molecule has 0 bridgehead atoms. The molecule has 20 heavy (non-hydrogen) atoms. The minimum Gasteiger partial charge on any atom is -0.267 e. The van der Waals surface area contributed by atoms with Crippen LogP contribution in [0.25, 0.3) is 10.8 Å². The molecular weight excluding hydrogens is 248 g/mol. The molecule has 104 valence electrons. The average Bonchev–Trinajstić information content (AvgIpc) is 2.43. The molecule has 0 heterocycles. The quantitative estimate of drug-likeness (QED) is 0.661. The van der Waals surface area contributed by atoms with Gasteiger partial charge in [0.25, 0.3) is 5.91 Å². The van der Waals surface area contributed by atoms with Crippen LogP contribution >= 0.6 is 0 Å². The number of fused-ring (bicyclic) bond motifs is 1. The Morgan fingerprint density at radius 1 is 1.15 bits per heavy atom. The molecule has 0 aliphatic carbocycles. The minimum atomic E-state index is -0.162. The molecule has 2 aromatic rings. The predicted octanol–water partition coefficient (Wildman–Crippen LogP) is 3.99. The third kappa shape index (κ3) is 3.44. The zero-order valence-corrected chi connectivity index (χ0v) is 12.2. The predicted molar refractivity (Wildman–Crippen MR) is 84.0 cm³/mol. The number of amides is 1. The first-order valence-corrected chi connectivity index (χ1v) is 6.89. The fourth-order valence-electron chi connectivity index (χ4n) is 2.27. The van der Waals surface area contributed by atoms with Crippen LogP contribution < -0.4 is 5.43 Å². The third-order valence-electron chi connectivity index (χ3n) is 3.09. The van der Waals surface area contributed by atoms with Crippen molar-refractivity contribution in [3.8, 4) is 0 Å². The normalized spacial score (nSPS) is 11.9. The maximum atomic E-state index is 12.2. The Labute approximate surface area is 119 Å². The highest BCUT2D eigenvalue weighted by Gasteiger charge is 2.08. The molecule has 0 fully saturated rings. The summed E-state index contributed by atoms with van der Waals surface area (Å²) in [7, 11) is 0. The molecule has 3 heteroatoms. The lowest BCUT2D eigenvalue weighted by Gasteiger charge is -2.07. The number of benzene rings is 2. The lowest BCUT2D eigenvalue weighted by molar-refractivity contribution is 0.0956. The van der Waals surface area contributed by atoms with Crippen molar-refractivity contribution >= 4 is 22.4 Å². The van der Waals surface area contributed by atoms with Crippen molar-refractivity contribution in [1.29, 1.82) is 0 Å². The van der Waals surface area contributed by atoms with Gasteiger partial charge in [-0.25, -0.2) is 5.43 Å². The molecule has 0 aliphatic rings. The first kappa shape index (κ1) is 14.3. The molecule has 2 aromatic carbocycles. The Bertz CT molecular complexity index is 639. The van der Waals surface area contributed by atoms with E-state index < -0.39 is 0 Å². The molecule has 0 radical (unpaired) electrons. The van der Waals surface area contributed by atoms with E-state index in [0.29, 0.717) is 11.5 Å². The number of hydrazone groups is 1. The fourth-order valence-corrected chi connectivity index (χ4v) is 2.27. The Kier molecular flexibility index (Phi) is 4.51. The molecule has 0 unspecified atom stereocenters. The van der Waals surface area contributed by atoms with Crippen molar-refractivity contribution in [1.82, 2.24) is 5.43 Å². The Morgan fingerprint density at radius 2 is 1.85 bits per heavy atom. The van der Waals surface area contributed by atoms with Crippen LogP contribution in [0.4, 0.5) is 0 Å². The second kappa shape index (κ2) is 6.33. The van der Waals surface area contributed by atoms with E-state index in [1.54, 1.807) is 0 Å². The van der Waals surface area contributed by atoms with Crippen molar-refractivity contribution in [2.75, 3.05) is 0 Å². The highest BCUT2D eigenvalue weighted by atomic mass is 16.2. The minimum absolute atomic E-state index is 0.162. The number of hydrogen-bond acceptors (Lipinski definition) is 2. The molecule has 0 aromatic heterocycles. The number of carbonyl (C=O) groups excluding carboxylic acids is 1. The molecule has 1 N–H and O–H groups in total. The van der Waals surface area contributed by atoms with Gasteiger partial charge in [0.1, 0.15) is 0 Å². The van der Waals surface area contributed by atoms with Crippen LogP contribution in [0.2, 0.25) is 0 Å². The van der Waals surface area contributed by atoms with Gasteiger partial charge in [-0.2, -0.15) is 5.10 Å². The lowest BCUT2D eigenvalue weighted by Crippen LogP contribution is -2.19. The molecule has 2 rings (SSSR count). The van der Waals surface area contributed by atoms with Crippen molar-refractivity contribution < 1.29 is 4.79 Å². The molecule has 0 saturated heterocycles. The lowest BCUT2D eigenvalue weighted by atomic mass is 10.0. The van der Waals surface area contributed by atoms with Gasteiger partial charge in [-0.05, 0) is 36.1 Å². The van der Waals surface area contributed by atoms with Gasteiger partial charge in [0.2, 0.25) is 0 Å². The van der Waals surface area contributed by atoms with E-state index in [0.717, 1.165) is 22.9 Å². The zero-order chi connectivity index (χ0) is 14.5. The van der Waals surface area contributed by atoms with E-state index in [4.69, 9.17) is 0 Å². The van der Waals surface area contributed by atoms with E-state index >= 15 is 0 Å². The van der Waals surface area contributed by atoms with E-state index in [2.05, 4.69) is 24.4 Å². The van der Waals surface area contributed by atoms with E-state index in [9.17, 15) is 4.79 Å². The van der Waals surface area contributed by atoms with Crippen LogP contribution in [-0.4, -0.2) is 11.6 Å². The van der Waals surface area contributed by atoms with Gasteiger partial charge in [-0.1, -0.05) is 50.2 Å². The first-order chi connectivity index (χ1) is 9.58. The molecule has 0 spiro atoms. The van der Waals surface area contributed by atoms with E-state index in [1.165, 1.54) is 0 Å². The van der Waals surface area contributed by atoms with Crippen LogP contribution in [0.5, 0.6) is 0 Å². The number of nitrogens with one attached hydrogen (secondary N) is 1. The Morgan fingerprint density at radius 3 is 2.60 bits per heavy atom. The summed E-state index contributed by atoms with van der Waals surface area (Å²) in [5.74, 6) is 0.373. The van der Waals surface area contributed by atoms with Gasteiger partial charge >= 0.3 is 0 Å². The molecule has 0 aliphatic heterocycles. The first-order valence-electron chi connectivity index (χ1n) is 6.89. The van der Waals surface area contributed by atoms with E-state index in [-0.39, 0.29) is 5.91 Å². The van der Waals surface area contributed by atoms with Gasteiger partial charge in [0.05, 0.1) is 0 Å². The fraction of sp³-hybridized carbons (Fsp3) is 0.294. The van der Waals surface area contributed by atoms with Crippen molar-refractivity contribution in [3.05, 3.63) is 48.0 Å². The second-order valence-corrected chi connectivity index (χ2v) is 5.41. The number of nitrogens with zero attached hydrogens (tertiary/aromatic N) is 1. The average molecular weight is 268 g/mol. The summed E-state index contributed by atoms with van der Waals surface area (Å²) >= 11 is 0. The Hall–Kier alpha value is -2.16. The number of hydrogen-bond donors (Lipinski definition) is 1. The van der Waals surface area contributed by atoms with Crippen LogP contribution in [-0.2, 0) is 0 Å². The van der Waals surface area contributed by atoms with Gasteiger partial charge in [-0.15, -0.1) is 0 Å². The Balaban J connectivity index is 2.20. The van der Waals surface area contributed by atoms with Crippen molar-refractivity contribution in [3.63, 3.8) is 0 Å². The summed E-state index contributed by atoms with van der Waals surface area (Å²) in [6.07, 6.45) is 0.885. The van der Waals surface area contributed by atoms with Gasteiger partial charge < -0.3 is 0 Å². The highest BCUT2D eigenvalue weighted by Crippen LogP contribution is 2.18. The van der Waals surface area contributed by atoms with Crippen LogP contribution in [0.15, 0.2) is 47.6 Å². The van der Waals surface area contributed by atoms with Crippen LogP contribution in [0.3, 0.4) is 0 Å². The maximum Gasteiger partial charge on any atom is 0.271 e. The summed E-state index contributed by atoms with van der Waals surface area (Å²) in [4.78, 5) is 12.2. The standard InChI is InChI=1S/C17H20N2O/c1-12(2)11-13(3)18-19-17(20)16-10-6-8-14-7-4-5-9-15(14)16/h4-10,12H,11H2,1-3H3,(H,19,20)/b18-13-. The van der Waals surface area contributed by atoms with Gasteiger partial charge in [0.15, 0.2) is 0 Å². The molecule has 1 amide bonds. The second-order valence-electron chi connectivity index (χ2n) is 5.41. The number of rotatable bonds is 4. The summed E-state index contributed by atoms with van der Waals surface area (Å²) < 4.78 is 0. The zero-order valence-electron chi connectivity index (χ0n) is 12.2. The monoisotopic (exact) mass is 268 g/mol. The summed E-state index contributed by atoms with van der Waals surface area (Å²) in [5, 5.41) is 6.17. The van der Waals surface area contributed by atoms with Crippen LogP contribution in [0.1, 0.15) is 37.6 Å². The largest absolute Gasteiger partial charge is 0.271 e. The highest BCUT2D eigenvalue weighted by molar-refractivity contribution is 6.07. The van der Waals surface area contributed by atoms with Gasteiger partial charge in [-0.3, -0.25) is 4.79 Å². The molecule has 0 saturated carbocycles. The van der Waals surface area contributed by atoms with Gasteiger partial charge in [0, 0.05) is 11.3 Å². The molecule has 0 atom stereocenters. The summed E-state index contributed by atoms with van der Waals surface area (Å²) in [6.45, 7) is 6.19. The van der Waals surface area contributed by atoms with E-state index in [1.807, 2.05) is 49.4 Å². The van der Waals surface area contributed by atoms with Crippen LogP contribution in [0, 0.1) is 5.92 Å². The third-order valence-corrected chi connectivity index (χ3v) is 3.09. The summed E-state index contributed by atoms with van der Waals surface area (Å²) in [5.41, 5.74) is 4.24. The van der Waals surface area contributed by atoms with Crippen molar-refractivity contribution in [2.24, 2.45) is 11.0 Å². The smallest absolute Gasteiger partial charge is 0.267 e.